The van der Waals surface area contributed by atoms with Gasteiger partial charge in [-0.15, -0.1) is 0 Å². The normalized spacial score (nSPS) is 12.5. The molecule has 7 aromatic rings. The molecule has 2 heterocycles. The largest absolute Gasteiger partial charge is 0.256 e. The maximum absolute atomic E-state index is 4.53. The molecular formula is C37H25N2+. The molecule has 0 saturated heterocycles. The SMILES string of the molecule is c1ccc(-c2ccc(-c3c4ccccc4c(-c4ccc([NH+]5c6ccccc65)cc4)c4ccccc34)cc2)nc1. The highest BCUT2D eigenvalue weighted by Crippen LogP contribution is 2.44. The van der Waals surface area contributed by atoms with E-state index < -0.39 is 0 Å². The lowest BCUT2D eigenvalue weighted by atomic mass is 9.86. The Labute approximate surface area is 227 Å². The van der Waals surface area contributed by atoms with E-state index in [0.717, 1.165) is 11.3 Å². The van der Waals surface area contributed by atoms with Gasteiger partial charge < -0.3 is 0 Å². The number of benzene rings is 6. The standard InChI is InChI=1S/C37H24N2/c1-3-11-31-29(9-1)36(26-18-16-25(17-19-26)33-13-7-8-24-38-33)30-10-2-4-12-32(30)37(31)27-20-22-28(23-21-27)39-34-14-5-6-15-35(34)39/h1-24H/p+1. The van der Waals surface area contributed by atoms with Crippen molar-refractivity contribution in [1.29, 1.82) is 0 Å². The fourth-order valence-electron chi connectivity index (χ4n) is 6.07. The Morgan fingerprint density at radius 3 is 1.31 bits per heavy atom. The summed E-state index contributed by atoms with van der Waals surface area (Å²) < 4.78 is 0. The number of para-hydroxylation sites is 2. The van der Waals surface area contributed by atoms with Gasteiger partial charge in [-0.1, -0.05) is 91.0 Å². The topological polar surface area (TPSA) is 17.3 Å². The third kappa shape index (κ3) is 3.58. The van der Waals surface area contributed by atoms with Gasteiger partial charge in [-0.2, -0.15) is 0 Å². The van der Waals surface area contributed by atoms with Crippen molar-refractivity contribution in [3.05, 3.63) is 146 Å². The summed E-state index contributed by atoms with van der Waals surface area (Å²) >= 11 is 0. The third-order valence-corrected chi connectivity index (χ3v) is 7.93. The third-order valence-electron chi connectivity index (χ3n) is 7.93. The van der Waals surface area contributed by atoms with Crippen LogP contribution in [0.4, 0.5) is 17.1 Å². The van der Waals surface area contributed by atoms with Crippen LogP contribution in [0.5, 0.6) is 0 Å². The van der Waals surface area contributed by atoms with E-state index in [0.29, 0.717) is 0 Å². The van der Waals surface area contributed by atoms with E-state index in [1.165, 1.54) is 65.8 Å². The molecule has 0 radical (unpaired) electrons. The van der Waals surface area contributed by atoms with Gasteiger partial charge in [-0.25, -0.2) is 4.90 Å². The van der Waals surface area contributed by atoms with Crippen molar-refractivity contribution in [3.8, 4) is 33.5 Å². The first-order chi connectivity index (χ1) is 19.4. The summed E-state index contributed by atoms with van der Waals surface area (Å²) in [6.07, 6.45) is 1.84. The lowest BCUT2D eigenvalue weighted by Crippen LogP contribution is -2.82. The van der Waals surface area contributed by atoms with Crippen LogP contribution in [0.25, 0.3) is 55.1 Å². The van der Waals surface area contributed by atoms with Gasteiger partial charge in [0, 0.05) is 36.0 Å². The lowest BCUT2D eigenvalue weighted by molar-refractivity contribution is -0.607. The monoisotopic (exact) mass is 497 g/mol. The first-order valence-electron chi connectivity index (χ1n) is 13.4. The molecular weight excluding hydrogens is 472 g/mol. The molecule has 6 aromatic carbocycles. The van der Waals surface area contributed by atoms with E-state index >= 15 is 0 Å². The second-order valence-electron chi connectivity index (χ2n) is 10.1. The van der Waals surface area contributed by atoms with Crippen molar-refractivity contribution in [2.75, 3.05) is 0 Å². The summed E-state index contributed by atoms with van der Waals surface area (Å²) in [5.74, 6) is 0. The van der Waals surface area contributed by atoms with Crippen molar-refractivity contribution < 1.29 is 4.90 Å². The number of nitrogens with one attached hydrogen (secondary N) is 1. The predicted octanol–water partition coefficient (Wildman–Crippen LogP) is 8.88. The number of hydrogen-bond acceptors (Lipinski definition) is 1. The second-order valence-corrected chi connectivity index (χ2v) is 10.1. The Morgan fingerprint density at radius 1 is 0.385 bits per heavy atom. The summed E-state index contributed by atoms with van der Waals surface area (Å²) in [5, 5.41) is 5.08. The Morgan fingerprint density at radius 2 is 0.821 bits per heavy atom. The molecule has 0 atom stereocenters. The van der Waals surface area contributed by atoms with Crippen LogP contribution in [0.2, 0.25) is 0 Å². The Kier molecular flexibility index (Phi) is 4.94. The number of pyridine rings is 1. The summed E-state index contributed by atoms with van der Waals surface area (Å²) in [6.45, 7) is 0. The summed E-state index contributed by atoms with van der Waals surface area (Å²) in [7, 11) is 0. The van der Waals surface area contributed by atoms with Crippen molar-refractivity contribution in [2.45, 2.75) is 0 Å². The lowest BCUT2D eigenvalue weighted by Gasteiger charge is -2.18. The van der Waals surface area contributed by atoms with Crippen molar-refractivity contribution in [2.24, 2.45) is 0 Å². The summed E-state index contributed by atoms with van der Waals surface area (Å²) in [4.78, 5) is 5.91. The molecule has 0 unspecified atom stereocenters. The zero-order valence-electron chi connectivity index (χ0n) is 21.3. The van der Waals surface area contributed by atoms with E-state index in [4.69, 9.17) is 0 Å². The quantitative estimate of drug-likeness (QED) is 0.190. The molecule has 1 aliphatic heterocycles. The predicted molar refractivity (Wildman–Crippen MR) is 162 cm³/mol. The highest BCUT2D eigenvalue weighted by atomic mass is 15.3. The summed E-state index contributed by atoms with van der Waals surface area (Å²) in [6, 6.07) is 50.3. The number of hydrogen-bond donors (Lipinski definition) is 1. The van der Waals surface area contributed by atoms with Gasteiger partial charge in [0.05, 0.1) is 5.69 Å². The number of rotatable bonds is 4. The van der Waals surface area contributed by atoms with Gasteiger partial charge in [0.1, 0.15) is 5.69 Å². The summed E-state index contributed by atoms with van der Waals surface area (Å²) in [5.41, 5.74) is 11.2. The molecule has 1 aliphatic rings. The Hall–Kier alpha value is -5.05. The molecule has 182 valence electrons. The second kappa shape index (κ2) is 8.76. The minimum absolute atomic E-state index is 0.991. The maximum atomic E-state index is 4.53. The number of quaternary nitrogens is 1. The maximum Gasteiger partial charge on any atom is 0.203 e. The molecule has 1 aromatic heterocycles. The van der Waals surface area contributed by atoms with Crippen molar-refractivity contribution in [1.82, 2.24) is 4.98 Å². The van der Waals surface area contributed by atoms with E-state index in [2.05, 4.69) is 132 Å². The highest BCUT2D eigenvalue weighted by molar-refractivity contribution is 6.21. The number of aromatic nitrogens is 1. The Balaban J connectivity index is 1.29. The van der Waals surface area contributed by atoms with Gasteiger partial charge in [0.2, 0.25) is 11.4 Å². The smallest absolute Gasteiger partial charge is 0.203 e. The fourth-order valence-corrected chi connectivity index (χ4v) is 6.07. The van der Waals surface area contributed by atoms with E-state index in [1.807, 2.05) is 18.3 Å². The average Bonchev–Trinajstić information content (AvgIpc) is 3.75. The average molecular weight is 498 g/mol. The molecule has 39 heavy (non-hydrogen) atoms. The zero-order valence-corrected chi connectivity index (χ0v) is 21.3. The molecule has 0 fully saturated rings. The molecule has 8 rings (SSSR count). The molecule has 0 aliphatic carbocycles. The van der Waals surface area contributed by atoms with Crippen LogP contribution in [0, 0.1) is 0 Å². The van der Waals surface area contributed by atoms with Crippen LogP contribution in [-0.4, -0.2) is 4.98 Å². The zero-order chi connectivity index (χ0) is 25.8. The van der Waals surface area contributed by atoms with E-state index in [1.54, 1.807) is 0 Å². The van der Waals surface area contributed by atoms with Gasteiger partial charge in [0.25, 0.3) is 0 Å². The van der Waals surface area contributed by atoms with Gasteiger partial charge in [-0.3, -0.25) is 4.98 Å². The van der Waals surface area contributed by atoms with Crippen molar-refractivity contribution >= 4 is 38.6 Å². The van der Waals surface area contributed by atoms with Crippen LogP contribution in [-0.2, 0) is 0 Å². The molecule has 0 spiro atoms. The van der Waals surface area contributed by atoms with Crippen LogP contribution >= 0.6 is 0 Å². The van der Waals surface area contributed by atoms with Crippen LogP contribution in [0.15, 0.2) is 146 Å². The number of nitrogens with zero attached hydrogens (tertiary/aromatic N) is 1. The van der Waals surface area contributed by atoms with E-state index in [-0.39, 0.29) is 0 Å². The first kappa shape index (κ1) is 22.0. The van der Waals surface area contributed by atoms with E-state index in [9.17, 15) is 0 Å². The van der Waals surface area contributed by atoms with Crippen LogP contribution in [0.1, 0.15) is 0 Å². The molecule has 2 heteroatoms. The number of fused-ring (bicyclic) bond motifs is 3. The minimum atomic E-state index is 0.991. The van der Waals surface area contributed by atoms with Crippen LogP contribution in [0.3, 0.4) is 0 Å². The molecule has 1 N–H and O–H groups in total. The van der Waals surface area contributed by atoms with Gasteiger partial charge in [-0.05, 0) is 68.1 Å². The fraction of sp³-hybridized carbons (Fsp3) is 0. The van der Waals surface area contributed by atoms with Gasteiger partial charge >= 0.3 is 0 Å². The minimum Gasteiger partial charge on any atom is -0.256 e. The van der Waals surface area contributed by atoms with Gasteiger partial charge in [0.15, 0.2) is 0 Å². The Bertz CT molecular complexity index is 1910. The molecule has 2 nitrogen and oxygen atoms in total. The molecule has 0 amide bonds. The first-order valence-corrected chi connectivity index (χ1v) is 13.4. The molecule has 0 saturated carbocycles. The van der Waals surface area contributed by atoms with Crippen LogP contribution < -0.4 is 4.90 Å². The van der Waals surface area contributed by atoms with Crippen molar-refractivity contribution in [3.63, 3.8) is 0 Å². The molecule has 0 bridgehead atoms. The highest BCUT2D eigenvalue weighted by Gasteiger charge is 2.38.